The maximum atomic E-state index is 12.1. The number of aromatic nitrogens is 1. The van der Waals surface area contributed by atoms with E-state index in [1.54, 1.807) is 18.9 Å². The number of aliphatic hydroxyl groups is 1. The fraction of sp³-hybridized carbons (Fsp3) is 0.692. The molecule has 1 aromatic rings. The van der Waals surface area contributed by atoms with Crippen molar-refractivity contribution in [2.24, 2.45) is 5.92 Å². The molecule has 0 saturated carbocycles. The Hall–Kier alpha value is -1.36. The lowest BCUT2D eigenvalue weighted by atomic mass is 9.98. The van der Waals surface area contributed by atoms with Crippen LogP contribution >= 0.6 is 0 Å². The van der Waals surface area contributed by atoms with Crippen LogP contribution < -0.4 is 0 Å². The number of aryl methyl sites for hydroxylation is 2. The summed E-state index contributed by atoms with van der Waals surface area (Å²) in [5.41, 5.74) is 1.84. The van der Waals surface area contributed by atoms with Crippen LogP contribution in [0.5, 0.6) is 0 Å². The Labute approximate surface area is 108 Å². The van der Waals surface area contributed by atoms with Gasteiger partial charge in [-0.3, -0.25) is 4.79 Å². The molecule has 18 heavy (non-hydrogen) atoms. The third-order valence-corrected chi connectivity index (χ3v) is 3.03. The van der Waals surface area contributed by atoms with Crippen LogP contribution in [0.4, 0.5) is 0 Å². The summed E-state index contributed by atoms with van der Waals surface area (Å²) in [4.78, 5) is 13.7. The van der Waals surface area contributed by atoms with E-state index in [0.717, 1.165) is 17.0 Å². The van der Waals surface area contributed by atoms with Crippen LogP contribution in [0.3, 0.4) is 0 Å². The number of nitrogens with zero attached hydrogens (tertiary/aromatic N) is 2. The first-order valence-electron chi connectivity index (χ1n) is 6.17. The van der Waals surface area contributed by atoms with Gasteiger partial charge in [0.15, 0.2) is 0 Å². The Morgan fingerprint density at radius 2 is 2.06 bits per heavy atom. The van der Waals surface area contributed by atoms with Gasteiger partial charge in [0, 0.05) is 25.1 Å². The van der Waals surface area contributed by atoms with E-state index < -0.39 is 6.10 Å². The van der Waals surface area contributed by atoms with E-state index in [0.29, 0.717) is 13.0 Å². The third kappa shape index (κ3) is 3.57. The molecule has 1 N–H and O–H groups in total. The molecular formula is C13H22N2O3. The molecule has 2 unspecified atom stereocenters. The van der Waals surface area contributed by atoms with Crippen molar-refractivity contribution in [1.82, 2.24) is 10.1 Å². The Morgan fingerprint density at radius 3 is 2.50 bits per heavy atom. The van der Waals surface area contributed by atoms with Crippen LogP contribution in [0, 0.1) is 19.8 Å². The number of hydrogen-bond donors (Lipinski definition) is 1. The van der Waals surface area contributed by atoms with Gasteiger partial charge in [-0.05, 0) is 27.2 Å². The summed E-state index contributed by atoms with van der Waals surface area (Å²) < 4.78 is 5.09. The standard InChI is InChI=1S/C13H22N2O3/c1-8(13(17)15(5)7-9(2)16)6-12-10(3)14-18-11(12)4/h8-9,16H,6-7H2,1-5H3. The fourth-order valence-corrected chi connectivity index (χ4v) is 2.05. The predicted octanol–water partition coefficient (Wildman–Crippen LogP) is 1.31. The number of rotatable bonds is 5. The van der Waals surface area contributed by atoms with Crippen molar-refractivity contribution in [3.63, 3.8) is 0 Å². The maximum absolute atomic E-state index is 12.1. The van der Waals surface area contributed by atoms with Crippen molar-refractivity contribution < 1.29 is 14.4 Å². The second kappa shape index (κ2) is 6.00. The largest absolute Gasteiger partial charge is 0.392 e. The van der Waals surface area contributed by atoms with Gasteiger partial charge < -0.3 is 14.5 Å². The molecule has 0 aliphatic carbocycles. The van der Waals surface area contributed by atoms with E-state index in [2.05, 4.69) is 5.16 Å². The molecule has 5 nitrogen and oxygen atoms in total. The summed E-state index contributed by atoms with van der Waals surface area (Å²) >= 11 is 0. The number of amides is 1. The minimum absolute atomic E-state index is 0.0240. The summed E-state index contributed by atoms with van der Waals surface area (Å²) in [6.45, 7) is 7.63. The normalized spacial score (nSPS) is 14.3. The quantitative estimate of drug-likeness (QED) is 0.860. The molecule has 5 heteroatoms. The molecule has 1 aromatic heterocycles. The molecule has 0 aromatic carbocycles. The molecular weight excluding hydrogens is 232 g/mol. The molecule has 0 spiro atoms. The molecule has 1 amide bonds. The van der Waals surface area contributed by atoms with Crippen LogP contribution in [0.2, 0.25) is 0 Å². The van der Waals surface area contributed by atoms with Gasteiger partial charge in [0.2, 0.25) is 5.91 Å². The van der Waals surface area contributed by atoms with Crippen LogP contribution in [0.15, 0.2) is 4.52 Å². The Kier molecular flexibility index (Phi) is 4.90. The van der Waals surface area contributed by atoms with E-state index in [4.69, 9.17) is 4.52 Å². The molecule has 1 rings (SSSR count). The van der Waals surface area contributed by atoms with Gasteiger partial charge in [-0.2, -0.15) is 0 Å². The first-order valence-corrected chi connectivity index (χ1v) is 6.17. The lowest BCUT2D eigenvalue weighted by molar-refractivity contribution is -0.134. The molecule has 1 heterocycles. The number of carbonyl (C=O) groups excluding carboxylic acids is 1. The summed E-state index contributed by atoms with van der Waals surface area (Å²) in [6, 6.07) is 0. The van der Waals surface area contributed by atoms with E-state index >= 15 is 0 Å². The third-order valence-electron chi connectivity index (χ3n) is 3.03. The van der Waals surface area contributed by atoms with Gasteiger partial charge in [-0.1, -0.05) is 12.1 Å². The topological polar surface area (TPSA) is 66.6 Å². The lowest BCUT2D eigenvalue weighted by Gasteiger charge is -2.22. The van der Waals surface area contributed by atoms with Crippen molar-refractivity contribution in [2.75, 3.05) is 13.6 Å². The van der Waals surface area contributed by atoms with Crippen molar-refractivity contribution in [2.45, 2.75) is 40.2 Å². The van der Waals surface area contributed by atoms with Gasteiger partial charge in [0.05, 0.1) is 11.8 Å². The Bertz CT molecular complexity index is 393. The number of likely N-dealkylation sites (N-methyl/N-ethyl adjacent to an activating group) is 1. The van der Waals surface area contributed by atoms with Gasteiger partial charge in [0.25, 0.3) is 0 Å². The van der Waals surface area contributed by atoms with Crippen LogP contribution in [0.25, 0.3) is 0 Å². The monoisotopic (exact) mass is 254 g/mol. The number of hydrogen-bond acceptors (Lipinski definition) is 4. The molecule has 0 bridgehead atoms. The highest BCUT2D eigenvalue weighted by molar-refractivity contribution is 5.78. The van der Waals surface area contributed by atoms with Crippen molar-refractivity contribution in [1.29, 1.82) is 0 Å². The Balaban J connectivity index is 2.65. The summed E-state index contributed by atoms with van der Waals surface area (Å²) in [5.74, 6) is 0.645. The highest BCUT2D eigenvalue weighted by atomic mass is 16.5. The first-order chi connectivity index (χ1) is 8.32. The van der Waals surface area contributed by atoms with E-state index in [1.807, 2.05) is 20.8 Å². The number of carbonyl (C=O) groups is 1. The van der Waals surface area contributed by atoms with Gasteiger partial charge in [0.1, 0.15) is 5.76 Å². The molecule has 0 aliphatic rings. The molecule has 0 aliphatic heterocycles. The zero-order valence-electron chi connectivity index (χ0n) is 11.7. The molecule has 2 atom stereocenters. The molecule has 0 fully saturated rings. The van der Waals surface area contributed by atoms with Gasteiger partial charge in [-0.25, -0.2) is 0 Å². The zero-order valence-corrected chi connectivity index (χ0v) is 11.7. The molecule has 102 valence electrons. The Morgan fingerprint density at radius 1 is 1.44 bits per heavy atom. The SMILES string of the molecule is Cc1noc(C)c1CC(C)C(=O)N(C)CC(C)O. The van der Waals surface area contributed by atoms with E-state index in [9.17, 15) is 9.90 Å². The van der Waals surface area contributed by atoms with Crippen molar-refractivity contribution >= 4 is 5.91 Å². The van der Waals surface area contributed by atoms with Crippen LogP contribution in [0.1, 0.15) is 30.9 Å². The highest BCUT2D eigenvalue weighted by Gasteiger charge is 2.21. The van der Waals surface area contributed by atoms with E-state index in [-0.39, 0.29) is 11.8 Å². The maximum Gasteiger partial charge on any atom is 0.225 e. The van der Waals surface area contributed by atoms with Crippen LogP contribution in [-0.2, 0) is 11.2 Å². The van der Waals surface area contributed by atoms with E-state index in [1.165, 1.54) is 0 Å². The van der Waals surface area contributed by atoms with Crippen molar-refractivity contribution in [3.8, 4) is 0 Å². The molecule has 0 saturated heterocycles. The van der Waals surface area contributed by atoms with Crippen LogP contribution in [-0.4, -0.2) is 40.8 Å². The smallest absolute Gasteiger partial charge is 0.225 e. The lowest BCUT2D eigenvalue weighted by Crippen LogP contribution is -2.37. The summed E-state index contributed by atoms with van der Waals surface area (Å²) in [7, 11) is 1.71. The second-order valence-electron chi connectivity index (χ2n) is 4.98. The fourth-order valence-electron chi connectivity index (χ4n) is 2.05. The minimum Gasteiger partial charge on any atom is -0.392 e. The minimum atomic E-state index is -0.509. The predicted molar refractivity (Wildman–Crippen MR) is 68.2 cm³/mol. The summed E-state index contributed by atoms with van der Waals surface area (Å²) in [5, 5.41) is 13.2. The van der Waals surface area contributed by atoms with Crippen molar-refractivity contribution in [3.05, 3.63) is 17.0 Å². The average Bonchev–Trinajstić information content (AvgIpc) is 2.58. The second-order valence-corrected chi connectivity index (χ2v) is 4.98. The molecule has 0 radical (unpaired) electrons. The number of aliphatic hydroxyl groups excluding tert-OH is 1. The summed E-state index contributed by atoms with van der Waals surface area (Å²) in [6.07, 6.45) is 0.106. The first kappa shape index (κ1) is 14.7. The highest BCUT2D eigenvalue weighted by Crippen LogP contribution is 2.18. The zero-order chi connectivity index (χ0) is 13.9. The van der Waals surface area contributed by atoms with Gasteiger partial charge >= 0.3 is 0 Å². The van der Waals surface area contributed by atoms with Gasteiger partial charge in [-0.15, -0.1) is 0 Å². The average molecular weight is 254 g/mol.